The second-order valence-corrected chi connectivity index (χ2v) is 11.4. The number of aryl methyl sites for hydroxylation is 1. The summed E-state index contributed by atoms with van der Waals surface area (Å²) in [6.07, 6.45) is 1.20. The summed E-state index contributed by atoms with van der Waals surface area (Å²) in [7, 11) is 1.11. The predicted molar refractivity (Wildman–Crippen MR) is 141 cm³/mol. The molecule has 1 fully saturated rings. The van der Waals surface area contributed by atoms with E-state index >= 15 is 0 Å². The van der Waals surface area contributed by atoms with E-state index in [1.807, 2.05) is 0 Å². The zero-order valence-electron chi connectivity index (χ0n) is 22.5. The molecule has 0 aromatic heterocycles. The van der Waals surface area contributed by atoms with Crippen molar-refractivity contribution in [1.29, 1.82) is 0 Å². The van der Waals surface area contributed by atoms with Gasteiger partial charge in [-0.3, -0.25) is 19.2 Å². The molecule has 42 heavy (non-hydrogen) atoms. The van der Waals surface area contributed by atoms with E-state index < -0.39 is 70.3 Å². The Hall–Kier alpha value is -4.93. The van der Waals surface area contributed by atoms with Crippen molar-refractivity contribution in [1.82, 2.24) is 0 Å². The largest absolute Gasteiger partial charge is 0.507 e. The van der Waals surface area contributed by atoms with Crippen LogP contribution in [0.4, 0.5) is 0 Å². The molecule has 8 rings (SSSR count). The number of allylic oxidation sites excluding steroid dienone is 3. The number of cyclic esters (lactones) is 1. The van der Waals surface area contributed by atoms with Crippen molar-refractivity contribution in [3.05, 3.63) is 69.3 Å². The summed E-state index contributed by atoms with van der Waals surface area (Å²) >= 11 is 0. The zero-order chi connectivity index (χ0) is 29.9. The standard InChI is InChI=1S/C31H24O11/c1-12-7-15-22(16(32)8-12)27(37)24-25(35)14-5-6-30(24,28(15)38)10-13-9-18-23(26(36)21(13)14)17(33)11-31(42-18,29(39)40-2)19-3-4-20(34)41-19/h5-9,14,19,32,36-37H,3-4,10-11H2,1-2H3/t14-,19-,30-,31+/m0/s1. The van der Waals surface area contributed by atoms with Gasteiger partial charge in [0.05, 0.1) is 36.0 Å². The Morgan fingerprint density at radius 2 is 1.81 bits per heavy atom. The fraction of sp³-hybridized carbons (Fsp3) is 0.323. The highest BCUT2D eigenvalue weighted by atomic mass is 16.6. The minimum atomic E-state index is -2.00. The van der Waals surface area contributed by atoms with Crippen LogP contribution >= 0.6 is 0 Å². The number of phenols is 2. The molecular weight excluding hydrogens is 548 g/mol. The number of aliphatic hydroxyl groups is 1. The lowest BCUT2D eigenvalue weighted by Gasteiger charge is -2.39. The molecule has 2 aromatic carbocycles. The number of rotatable bonds is 2. The van der Waals surface area contributed by atoms with Gasteiger partial charge in [0.15, 0.2) is 23.5 Å². The molecule has 2 aliphatic heterocycles. The molecule has 0 unspecified atom stereocenters. The lowest BCUT2D eigenvalue weighted by molar-refractivity contribution is -0.175. The number of carbonyl (C=O) groups excluding carboxylic acids is 5. The van der Waals surface area contributed by atoms with Gasteiger partial charge in [0, 0.05) is 17.5 Å². The van der Waals surface area contributed by atoms with E-state index in [1.165, 1.54) is 30.4 Å². The number of aromatic hydroxyl groups is 2. The predicted octanol–water partition coefficient (Wildman–Crippen LogP) is 2.92. The third-order valence-electron chi connectivity index (χ3n) is 9.03. The number of phenolic OH excluding ortho intramolecular Hbond substituents is 2. The van der Waals surface area contributed by atoms with E-state index in [1.54, 1.807) is 6.92 Å². The molecule has 214 valence electrons. The van der Waals surface area contributed by atoms with Crippen LogP contribution in [0.3, 0.4) is 0 Å². The quantitative estimate of drug-likeness (QED) is 0.357. The van der Waals surface area contributed by atoms with Crippen LogP contribution in [-0.2, 0) is 30.3 Å². The minimum absolute atomic E-state index is 0.0124. The molecule has 11 nitrogen and oxygen atoms in total. The Morgan fingerprint density at radius 1 is 1.05 bits per heavy atom. The van der Waals surface area contributed by atoms with E-state index in [0.717, 1.165) is 7.11 Å². The Kier molecular flexibility index (Phi) is 5.14. The molecule has 3 N–H and O–H groups in total. The molecule has 0 saturated carbocycles. The maximum Gasteiger partial charge on any atom is 0.354 e. The Morgan fingerprint density at radius 3 is 2.50 bits per heavy atom. The summed E-state index contributed by atoms with van der Waals surface area (Å²) in [6, 6.07) is 4.30. The number of ketones is 3. The van der Waals surface area contributed by atoms with E-state index in [4.69, 9.17) is 14.2 Å². The number of esters is 2. The first kappa shape index (κ1) is 26.0. The molecule has 11 heteroatoms. The average Bonchev–Trinajstić information content (AvgIpc) is 3.26. The van der Waals surface area contributed by atoms with Gasteiger partial charge < -0.3 is 29.5 Å². The number of hydrogen-bond donors (Lipinski definition) is 3. The highest BCUT2D eigenvalue weighted by Crippen LogP contribution is 2.58. The van der Waals surface area contributed by atoms with Gasteiger partial charge in [-0.25, -0.2) is 4.79 Å². The van der Waals surface area contributed by atoms with Crippen LogP contribution in [0, 0.1) is 12.3 Å². The van der Waals surface area contributed by atoms with Crippen LogP contribution in [0.5, 0.6) is 17.2 Å². The monoisotopic (exact) mass is 572 g/mol. The summed E-state index contributed by atoms with van der Waals surface area (Å²) in [5.74, 6) is -6.15. The molecule has 6 aliphatic rings. The van der Waals surface area contributed by atoms with Crippen molar-refractivity contribution in [3.8, 4) is 17.2 Å². The summed E-state index contributed by atoms with van der Waals surface area (Å²) in [6.45, 7) is 1.68. The van der Waals surface area contributed by atoms with Gasteiger partial charge in [-0.15, -0.1) is 0 Å². The number of Topliss-reactive ketones (excluding diaryl/α,β-unsaturated/α-hetero) is 3. The molecule has 4 atom stereocenters. The van der Waals surface area contributed by atoms with Crippen LogP contribution in [0.1, 0.15) is 68.2 Å². The number of benzene rings is 2. The third kappa shape index (κ3) is 3.07. The summed E-state index contributed by atoms with van der Waals surface area (Å²) in [5.41, 5.74) is -3.32. The molecule has 0 radical (unpaired) electrons. The maximum atomic E-state index is 14.1. The Labute approximate surface area is 238 Å². The lowest BCUT2D eigenvalue weighted by Crippen LogP contribution is -2.58. The molecular formula is C31H24O11. The van der Waals surface area contributed by atoms with Crippen molar-refractivity contribution >= 4 is 35.0 Å². The van der Waals surface area contributed by atoms with Crippen molar-refractivity contribution in [2.45, 2.75) is 50.2 Å². The number of hydrogen-bond acceptors (Lipinski definition) is 11. The summed E-state index contributed by atoms with van der Waals surface area (Å²) < 4.78 is 16.4. The molecule has 2 aromatic rings. The molecule has 2 heterocycles. The van der Waals surface area contributed by atoms with E-state index in [0.29, 0.717) is 5.56 Å². The summed E-state index contributed by atoms with van der Waals surface area (Å²) in [5, 5.41) is 33.5. The number of aliphatic hydroxyl groups excluding tert-OH is 1. The van der Waals surface area contributed by atoms with Crippen LogP contribution in [0.2, 0.25) is 0 Å². The SMILES string of the molecule is COC(=O)[C@]1([C@@H]2CCC(=O)O2)CC(=O)c2c(cc3c(c2O)[C@@H]2C=C[C@@]4(C3)C(=O)c3cc(C)cc(O)c3C(O)=C4C2=O)O1. The second-order valence-electron chi connectivity index (χ2n) is 11.4. The molecule has 2 bridgehead atoms. The van der Waals surface area contributed by atoms with Crippen LogP contribution in [0.15, 0.2) is 35.9 Å². The molecule has 0 amide bonds. The van der Waals surface area contributed by atoms with Gasteiger partial charge in [0.1, 0.15) is 28.6 Å². The van der Waals surface area contributed by atoms with Gasteiger partial charge in [-0.05, 0) is 49.1 Å². The van der Waals surface area contributed by atoms with Gasteiger partial charge in [-0.1, -0.05) is 12.2 Å². The van der Waals surface area contributed by atoms with Gasteiger partial charge >= 0.3 is 11.9 Å². The van der Waals surface area contributed by atoms with Crippen LogP contribution in [-0.4, -0.2) is 63.4 Å². The summed E-state index contributed by atoms with van der Waals surface area (Å²) in [4.78, 5) is 66.6. The Balaban J connectivity index is 1.43. The molecule has 4 aliphatic carbocycles. The van der Waals surface area contributed by atoms with Crippen LogP contribution < -0.4 is 4.74 Å². The molecule has 1 spiro atoms. The Bertz CT molecular complexity index is 1780. The number of carbonyl (C=O) groups is 5. The number of fused-ring (bicyclic) bond motifs is 2. The average molecular weight is 573 g/mol. The van der Waals surface area contributed by atoms with E-state index in [-0.39, 0.29) is 64.2 Å². The van der Waals surface area contributed by atoms with Gasteiger partial charge in [-0.2, -0.15) is 0 Å². The number of ether oxygens (including phenoxy) is 3. The fourth-order valence-corrected chi connectivity index (χ4v) is 7.21. The second kappa shape index (κ2) is 8.31. The topological polar surface area (TPSA) is 174 Å². The van der Waals surface area contributed by atoms with Crippen molar-refractivity contribution in [2.75, 3.05) is 7.11 Å². The highest BCUT2D eigenvalue weighted by Gasteiger charge is 2.60. The molecule has 1 saturated heterocycles. The zero-order valence-corrected chi connectivity index (χ0v) is 22.5. The van der Waals surface area contributed by atoms with Crippen molar-refractivity contribution in [2.24, 2.45) is 5.41 Å². The van der Waals surface area contributed by atoms with Crippen LogP contribution in [0.25, 0.3) is 5.76 Å². The third-order valence-corrected chi connectivity index (χ3v) is 9.03. The number of methoxy groups -OCH3 is 1. The normalized spacial score (nSPS) is 28.8. The van der Waals surface area contributed by atoms with Gasteiger partial charge in [0.25, 0.3) is 0 Å². The van der Waals surface area contributed by atoms with E-state index in [2.05, 4.69) is 0 Å². The smallest absolute Gasteiger partial charge is 0.354 e. The fourth-order valence-electron chi connectivity index (χ4n) is 7.21. The minimum Gasteiger partial charge on any atom is -0.507 e. The lowest BCUT2D eigenvalue weighted by atomic mass is 9.62. The van der Waals surface area contributed by atoms with Gasteiger partial charge in [0.2, 0.25) is 5.60 Å². The first-order valence-electron chi connectivity index (χ1n) is 13.4. The van der Waals surface area contributed by atoms with Crippen molar-refractivity contribution in [3.63, 3.8) is 0 Å². The van der Waals surface area contributed by atoms with E-state index in [9.17, 15) is 39.3 Å². The highest BCUT2D eigenvalue weighted by molar-refractivity contribution is 6.23. The first-order valence-corrected chi connectivity index (χ1v) is 13.4. The van der Waals surface area contributed by atoms with Crippen molar-refractivity contribution < 1.29 is 53.5 Å². The maximum absolute atomic E-state index is 14.1. The first-order chi connectivity index (χ1) is 19.9.